The second-order valence-electron chi connectivity index (χ2n) is 7.69. The first-order valence-corrected chi connectivity index (χ1v) is 9.36. The van der Waals surface area contributed by atoms with Gasteiger partial charge in [0.1, 0.15) is 5.60 Å². The van der Waals surface area contributed by atoms with Crippen molar-refractivity contribution in [3.05, 3.63) is 54.4 Å². The molecule has 0 spiro atoms. The number of anilines is 2. The number of amides is 2. The van der Waals surface area contributed by atoms with Crippen LogP contribution in [0.3, 0.4) is 0 Å². The predicted octanol–water partition coefficient (Wildman–Crippen LogP) is 3.39. The zero-order chi connectivity index (χ0) is 20.1. The lowest BCUT2D eigenvalue weighted by Gasteiger charge is -2.36. The largest absolute Gasteiger partial charge is 0.444 e. The summed E-state index contributed by atoms with van der Waals surface area (Å²) in [7, 11) is 0. The van der Waals surface area contributed by atoms with Gasteiger partial charge in [-0.25, -0.2) is 4.79 Å². The highest BCUT2D eigenvalue weighted by Gasteiger charge is 2.22. The highest BCUT2D eigenvalue weighted by molar-refractivity contribution is 5.95. The number of rotatable bonds is 3. The van der Waals surface area contributed by atoms with Gasteiger partial charge in [0.25, 0.3) is 5.91 Å². The van der Waals surface area contributed by atoms with Crippen LogP contribution in [0.4, 0.5) is 16.2 Å². The molecule has 0 unspecified atom stereocenters. The van der Waals surface area contributed by atoms with E-state index in [9.17, 15) is 9.59 Å². The Bertz CT molecular complexity index is 808. The number of carbonyl (C=O) groups excluding carboxylic acids is 2. The maximum Gasteiger partial charge on any atom is 0.412 e. The van der Waals surface area contributed by atoms with Crippen LogP contribution in [0.2, 0.25) is 0 Å². The quantitative estimate of drug-likeness (QED) is 0.881. The van der Waals surface area contributed by atoms with Crippen LogP contribution >= 0.6 is 0 Å². The molecule has 2 aromatic rings. The number of pyridine rings is 1. The maximum atomic E-state index is 12.7. The summed E-state index contributed by atoms with van der Waals surface area (Å²) in [6.07, 6.45) is 3.04. The average molecular weight is 382 g/mol. The lowest BCUT2D eigenvalue weighted by Crippen LogP contribution is -2.48. The van der Waals surface area contributed by atoms with Crippen molar-refractivity contribution >= 4 is 23.4 Å². The number of hydrogen-bond acceptors (Lipinski definition) is 5. The third-order valence-electron chi connectivity index (χ3n) is 4.37. The lowest BCUT2D eigenvalue weighted by molar-refractivity contribution is 0.0635. The van der Waals surface area contributed by atoms with E-state index in [1.807, 2.05) is 37.8 Å². The zero-order valence-electron chi connectivity index (χ0n) is 16.5. The van der Waals surface area contributed by atoms with Crippen molar-refractivity contribution in [2.24, 2.45) is 0 Å². The van der Waals surface area contributed by atoms with Crippen LogP contribution in [0.15, 0.2) is 48.8 Å². The van der Waals surface area contributed by atoms with Crippen molar-refractivity contribution in [2.75, 3.05) is 36.4 Å². The normalized spacial score (nSPS) is 14.5. The fraction of sp³-hybridized carbons (Fsp3) is 0.381. The van der Waals surface area contributed by atoms with Crippen LogP contribution in [-0.2, 0) is 4.74 Å². The Balaban J connectivity index is 1.54. The minimum atomic E-state index is -0.557. The van der Waals surface area contributed by atoms with Crippen LogP contribution in [-0.4, -0.2) is 53.7 Å². The molecule has 28 heavy (non-hydrogen) atoms. The molecule has 3 rings (SSSR count). The van der Waals surface area contributed by atoms with E-state index >= 15 is 0 Å². The van der Waals surface area contributed by atoms with Crippen molar-refractivity contribution in [1.29, 1.82) is 0 Å². The minimum absolute atomic E-state index is 0.00167. The van der Waals surface area contributed by atoms with E-state index in [1.165, 1.54) is 0 Å². The Morgan fingerprint density at radius 3 is 2.14 bits per heavy atom. The van der Waals surface area contributed by atoms with Crippen LogP contribution in [0.1, 0.15) is 31.1 Å². The van der Waals surface area contributed by atoms with Crippen molar-refractivity contribution < 1.29 is 14.3 Å². The Morgan fingerprint density at radius 1 is 0.964 bits per heavy atom. The third-order valence-corrected chi connectivity index (χ3v) is 4.37. The molecule has 1 aromatic heterocycles. The van der Waals surface area contributed by atoms with Gasteiger partial charge in [-0.05, 0) is 57.2 Å². The van der Waals surface area contributed by atoms with Gasteiger partial charge < -0.3 is 14.5 Å². The second kappa shape index (κ2) is 8.29. The topological polar surface area (TPSA) is 74.8 Å². The fourth-order valence-electron chi connectivity index (χ4n) is 3.02. The maximum absolute atomic E-state index is 12.7. The SMILES string of the molecule is CC(C)(C)OC(=O)Nc1ccc(C(=O)N2CCN(c3ccncc3)CC2)cc1. The standard InChI is InChI=1S/C21H26N4O3/c1-21(2,3)28-20(27)23-17-6-4-16(5-7-17)19(26)25-14-12-24(13-15-25)18-8-10-22-11-9-18/h4-11H,12-15H2,1-3H3,(H,23,27). The van der Waals surface area contributed by atoms with Gasteiger partial charge in [-0.2, -0.15) is 0 Å². The van der Waals surface area contributed by atoms with E-state index in [2.05, 4.69) is 15.2 Å². The number of benzene rings is 1. The summed E-state index contributed by atoms with van der Waals surface area (Å²) >= 11 is 0. The molecular weight excluding hydrogens is 356 g/mol. The molecule has 7 heteroatoms. The van der Waals surface area contributed by atoms with Gasteiger partial charge in [-0.1, -0.05) is 0 Å². The Kier molecular flexibility index (Phi) is 5.82. The summed E-state index contributed by atoms with van der Waals surface area (Å²) in [5.41, 5.74) is 1.76. The molecule has 2 amide bonds. The average Bonchev–Trinajstić information content (AvgIpc) is 2.67. The van der Waals surface area contributed by atoms with E-state index in [4.69, 9.17) is 4.74 Å². The molecule has 0 aliphatic carbocycles. The van der Waals surface area contributed by atoms with Gasteiger partial charge in [0.15, 0.2) is 0 Å². The molecule has 1 saturated heterocycles. The number of carbonyl (C=O) groups is 2. The van der Waals surface area contributed by atoms with Gasteiger partial charge in [0.2, 0.25) is 0 Å². The van der Waals surface area contributed by atoms with Crippen molar-refractivity contribution in [3.8, 4) is 0 Å². The molecule has 148 valence electrons. The van der Waals surface area contributed by atoms with E-state index in [0.29, 0.717) is 24.3 Å². The van der Waals surface area contributed by atoms with Gasteiger partial charge >= 0.3 is 6.09 Å². The number of hydrogen-bond donors (Lipinski definition) is 1. The first kappa shape index (κ1) is 19.7. The number of aromatic nitrogens is 1. The van der Waals surface area contributed by atoms with Crippen LogP contribution in [0, 0.1) is 0 Å². The highest BCUT2D eigenvalue weighted by atomic mass is 16.6. The van der Waals surface area contributed by atoms with E-state index in [-0.39, 0.29) is 5.91 Å². The van der Waals surface area contributed by atoms with Gasteiger partial charge in [0.05, 0.1) is 0 Å². The van der Waals surface area contributed by atoms with E-state index in [0.717, 1.165) is 18.8 Å². The summed E-state index contributed by atoms with van der Waals surface area (Å²) in [6.45, 7) is 8.33. The molecule has 1 aliphatic rings. The molecule has 1 aromatic carbocycles. The smallest absolute Gasteiger partial charge is 0.412 e. The number of nitrogens with zero attached hydrogens (tertiary/aromatic N) is 3. The van der Waals surface area contributed by atoms with E-state index < -0.39 is 11.7 Å². The lowest BCUT2D eigenvalue weighted by atomic mass is 10.1. The Morgan fingerprint density at radius 2 is 1.57 bits per heavy atom. The summed E-state index contributed by atoms with van der Waals surface area (Å²) in [5, 5.41) is 2.67. The molecule has 0 bridgehead atoms. The number of nitrogens with one attached hydrogen (secondary N) is 1. The van der Waals surface area contributed by atoms with E-state index in [1.54, 1.807) is 36.7 Å². The Labute approximate surface area is 165 Å². The van der Waals surface area contributed by atoms with Crippen molar-refractivity contribution in [2.45, 2.75) is 26.4 Å². The highest BCUT2D eigenvalue weighted by Crippen LogP contribution is 2.18. The second-order valence-corrected chi connectivity index (χ2v) is 7.69. The Hall–Kier alpha value is -3.09. The van der Waals surface area contributed by atoms with Crippen LogP contribution in [0.25, 0.3) is 0 Å². The zero-order valence-corrected chi connectivity index (χ0v) is 16.5. The molecule has 0 saturated carbocycles. The molecule has 0 radical (unpaired) electrons. The van der Waals surface area contributed by atoms with Gasteiger partial charge in [-0.15, -0.1) is 0 Å². The predicted molar refractivity (Wildman–Crippen MR) is 109 cm³/mol. The first-order chi connectivity index (χ1) is 13.3. The fourth-order valence-corrected chi connectivity index (χ4v) is 3.02. The van der Waals surface area contributed by atoms with Crippen LogP contribution < -0.4 is 10.2 Å². The number of piperazine rings is 1. The summed E-state index contributed by atoms with van der Waals surface area (Å²) in [5.74, 6) is -0.00167. The first-order valence-electron chi connectivity index (χ1n) is 9.36. The monoisotopic (exact) mass is 382 g/mol. The molecule has 7 nitrogen and oxygen atoms in total. The van der Waals surface area contributed by atoms with Crippen molar-refractivity contribution in [1.82, 2.24) is 9.88 Å². The van der Waals surface area contributed by atoms with Gasteiger partial charge in [-0.3, -0.25) is 15.1 Å². The summed E-state index contributed by atoms with van der Waals surface area (Å²) in [6, 6.07) is 10.8. The summed E-state index contributed by atoms with van der Waals surface area (Å²) < 4.78 is 5.23. The summed E-state index contributed by atoms with van der Waals surface area (Å²) in [4.78, 5) is 32.7. The number of ether oxygens (including phenoxy) is 1. The molecule has 1 aliphatic heterocycles. The minimum Gasteiger partial charge on any atom is -0.444 e. The third kappa shape index (κ3) is 5.22. The van der Waals surface area contributed by atoms with Crippen molar-refractivity contribution in [3.63, 3.8) is 0 Å². The molecule has 2 heterocycles. The molecule has 1 fully saturated rings. The van der Waals surface area contributed by atoms with Crippen LogP contribution in [0.5, 0.6) is 0 Å². The molecular formula is C21H26N4O3. The molecule has 1 N–H and O–H groups in total. The van der Waals surface area contributed by atoms with Gasteiger partial charge in [0, 0.05) is 55.5 Å². The molecule has 0 atom stereocenters.